The molecule has 36 heavy (non-hydrogen) atoms. The Bertz CT molecular complexity index is 997. The Labute approximate surface area is 219 Å². The van der Waals surface area contributed by atoms with Crippen molar-refractivity contribution in [2.75, 3.05) is 0 Å². The van der Waals surface area contributed by atoms with Crippen LogP contribution in [0.1, 0.15) is 98.0 Å². The molecule has 7 unspecified atom stereocenters. The molecule has 0 radical (unpaired) electrons. The molecule has 1 aromatic rings. The third-order valence-corrected chi connectivity index (χ3v) is 10.4. The Balaban J connectivity index is 1.24. The molecular formula is C34H48O2. The van der Waals surface area contributed by atoms with Crippen LogP contribution in [0.4, 0.5) is 0 Å². The van der Waals surface area contributed by atoms with Gasteiger partial charge in [0.25, 0.3) is 0 Å². The first kappa shape index (κ1) is 24.8. The lowest BCUT2D eigenvalue weighted by Crippen LogP contribution is -2.45. The molecule has 2 nitrogen and oxygen atoms in total. The monoisotopic (exact) mass is 488 g/mol. The second-order valence-corrected chi connectivity index (χ2v) is 14.2. The number of rotatable bonds is 9. The van der Waals surface area contributed by atoms with Crippen LogP contribution in [-0.2, 0) is 4.74 Å². The number of allylic oxidation sites excluding steroid dienone is 4. The second-order valence-electron chi connectivity index (χ2n) is 14.2. The van der Waals surface area contributed by atoms with Gasteiger partial charge in [-0.1, -0.05) is 65.8 Å². The Kier molecular flexibility index (Phi) is 6.42. The van der Waals surface area contributed by atoms with Crippen molar-refractivity contribution in [3.8, 4) is 5.75 Å². The molecule has 0 aliphatic heterocycles. The van der Waals surface area contributed by atoms with E-state index in [0.29, 0.717) is 35.5 Å². The van der Waals surface area contributed by atoms with Crippen molar-refractivity contribution < 1.29 is 9.47 Å². The third-order valence-electron chi connectivity index (χ3n) is 10.4. The second kappa shape index (κ2) is 9.33. The van der Waals surface area contributed by atoms with Crippen molar-refractivity contribution in [1.82, 2.24) is 0 Å². The van der Waals surface area contributed by atoms with Crippen LogP contribution in [0.3, 0.4) is 0 Å². The standard InChI is InChI=1S/C34H48O2/c1-20(2)11-30(21(3)4)24-7-9-29(10-8-24)35-33(36-34-17-27-16-28(18-34)32(27)19-34)31-13-22(5)12-25-15-26(25)14-23(31)6/h7-10,12,14,20-23,27-28,30-33H,11,13,15-19H2,1-6H3. The number of fused-ring (bicyclic) bond motifs is 2. The van der Waals surface area contributed by atoms with Gasteiger partial charge in [0.1, 0.15) is 5.75 Å². The topological polar surface area (TPSA) is 18.5 Å². The number of benzene rings is 1. The fourth-order valence-electron chi connectivity index (χ4n) is 8.53. The maximum atomic E-state index is 7.19. The van der Waals surface area contributed by atoms with Gasteiger partial charge in [-0.05, 0) is 121 Å². The minimum atomic E-state index is -0.174. The van der Waals surface area contributed by atoms with Crippen LogP contribution in [0.25, 0.3) is 0 Å². The van der Waals surface area contributed by atoms with Crippen LogP contribution >= 0.6 is 0 Å². The van der Waals surface area contributed by atoms with E-state index in [4.69, 9.17) is 9.47 Å². The fraction of sp³-hybridized carbons (Fsp3) is 0.706. The van der Waals surface area contributed by atoms with E-state index in [2.05, 4.69) is 78.0 Å². The van der Waals surface area contributed by atoms with Gasteiger partial charge in [-0.25, -0.2) is 0 Å². The number of hydrogen-bond acceptors (Lipinski definition) is 2. The van der Waals surface area contributed by atoms with Crippen LogP contribution in [0, 0.1) is 47.3 Å². The van der Waals surface area contributed by atoms with E-state index in [1.165, 1.54) is 44.1 Å². The van der Waals surface area contributed by atoms with Gasteiger partial charge in [-0.3, -0.25) is 0 Å². The zero-order valence-corrected chi connectivity index (χ0v) is 23.5. The molecule has 5 aliphatic rings. The molecular weight excluding hydrogens is 440 g/mol. The number of ether oxygens (including phenoxy) is 2. The smallest absolute Gasteiger partial charge is 0.203 e. The van der Waals surface area contributed by atoms with Gasteiger partial charge >= 0.3 is 0 Å². The molecule has 196 valence electrons. The highest BCUT2D eigenvalue weighted by Gasteiger charge is 2.63. The van der Waals surface area contributed by atoms with E-state index in [1.54, 1.807) is 11.1 Å². The summed E-state index contributed by atoms with van der Waals surface area (Å²) in [5.74, 6) is 7.12. The van der Waals surface area contributed by atoms with Crippen molar-refractivity contribution >= 4 is 0 Å². The Morgan fingerprint density at radius 3 is 2.19 bits per heavy atom. The summed E-state index contributed by atoms with van der Waals surface area (Å²) in [7, 11) is 0. The van der Waals surface area contributed by atoms with Crippen LogP contribution in [0.2, 0.25) is 0 Å². The largest absolute Gasteiger partial charge is 0.465 e. The lowest BCUT2D eigenvalue weighted by molar-refractivity contribution is -0.208. The quantitative estimate of drug-likeness (QED) is 0.323. The van der Waals surface area contributed by atoms with Crippen molar-refractivity contribution in [1.29, 1.82) is 0 Å². The van der Waals surface area contributed by atoms with Crippen LogP contribution in [0.15, 0.2) is 47.6 Å². The van der Waals surface area contributed by atoms with Gasteiger partial charge in [0.05, 0.1) is 5.60 Å². The van der Waals surface area contributed by atoms with E-state index in [-0.39, 0.29) is 11.9 Å². The zero-order valence-electron chi connectivity index (χ0n) is 23.5. The lowest BCUT2D eigenvalue weighted by Gasteiger charge is -2.46. The van der Waals surface area contributed by atoms with Gasteiger partial charge in [0, 0.05) is 5.92 Å². The molecule has 0 amide bonds. The highest BCUT2D eigenvalue weighted by molar-refractivity contribution is 5.51. The molecule has 2 bridgehead atoms. The minimum Gasteiger partial charge on any atom is -0.465 e. The minimum absolute atomic E-state index is 0.0713. The molecule has 0 spiro atoms. The lowest BCUT2D eigenvalue weighted by atomic mass is 9.63. The van der Waals surface area contributed by atoms with Crippen molar-refractivity contribution in [2.45, 2.75) is 104 Å². The molecule has 4 fully saturated rings. The summed E-state index contributed by atoms with van der Waals surface area (Å²) < 4.78 is 14.1. The average molecular weight is 489 g/mol. The normalized spacial score (nSPS) is 38.0. The molecule has 1 aromatic carbocycles. The molecule has 4 saturated carbocycles. The fourth-order valence-corrected chi connectivity index (χ4v) is 8.53. The van der Waals surface area contributed by atoms with Crippen molar-refractivity contribution in [2.24, 2.45) is 47.3 Å². The summed E-state index contributed by atoms with van der Waals surface area (Å²) >= 11 is 0. The Morgan fingerprint density at radius 2 is 1.58 bits per heavy atom. The molecule has 0 saturated heterocycles. The predicted octanol–water partition coefficient (Wildman–Crippen LogP) is 8.93. The van der Waals surface area contributed by atoms with Crippen molar-refractivity contribution in [3.63, 3.8) is 0 Å². The van der Waals surface area contributed by atoms with Crippen molar-refractivity contribution in [3.05, 3.63) is 53.1 Å². The van der Waals surface area contributed by atoms with Gasteiger partial charge in [0.15, 0.2) is 0 Å². The van der Waals surface area contributed by atoms with Gasteiger partial charge in [-0.15, -0.1) is 0 Å². The molecule has 5 aliphatic carbocycles. The summed E-state index contributed by atoms with van der Waals surface area (Å²) in [5, 5.41) is 0. The highest BCUT2D eigenvalue weighted by Crippen LogP contribution is 2.67. The first-order valence-corrected chi connectivity index (χ1v) is 15.1. The van der Waals surface area contributed by atoms with E-state index >= 15 is 0 Å². The van der Waals surface area contributed by atoms with Crippen LogP contribution < -0.4 is 4.74 Å². The number of hydrogen-bond donors (Lipinski definition) is 0. The summed E-state index contributed by atoms with van der Waals surface area (Å²) in [6.45, 7) is 14.2. The summed E-state index contributed by atoms with van der Waals surface area (Å²) in [6, 6.07) is 9.08. The summed E-state index contributed by atoms with van der Waals surface area (Å²) in [5.41, 5.74) is 4.66. The first-order chi connectivity index (χ1) is 17.2. The van der Waals surface area contributed by atoms with E-state index < -0.39 is 0 Å². The van der Waals surface area contributed by atoms with Crippen LogP contribution in [-0.4, -0.2) is 11.9 Å². The van der Waals surface area contributed by atoms with Gasteiger partial charge in [0.2, 0.25) is 6.29 Å². The molecule has 0 N–H and O–H groups in total. The SMILES string of the molecule is CC(C)CC(c1ccc(OC(OC23CC4CC(C2)C4C3)C2CC(C)C=C3CC3=CC2C)cc1)C(C)C. The van der Waals surface area contributed by atoms with E-state index in [0.717, 1.165) is 29.9 Å². The summed E-state index contributed by atoms with van der Waals surface area (Å²) in [6.07, 6.45) is 13.7. The Hall–Kier alpha value is -1.54. The maximum Gasteiger partial charge on any atom is 0.203 e. The van der Waals surface area contributed by atoms with E-state index in [1.807, 2.05) is 0 Å². The molecule has 0 aromatic heterocycles. The maximum absolute atomic E-state index is 7.19. The van der Waals surface area contributed by atoms with Crippen LogP contribution in [0.5, 0.6) is 5.75 Å². The van der Waals surface area contributed by atoms with Gasteiger partial charge in [-0.2, -0.15) is 0 Å². The average Bonchev–Trinajstić information content (AvgIpc) is 3.38. The molecule has 0 heterocycles. The first-order valence-electron chi connectivity index (χ1n) is 15.1. The van der Waals surface area contributed by atoms with Gasteiger partial charge < -0.3 is 9.47 Å². The molecule has 7 atom stereocenters. The molecule has 6 rings (SSSR count). The predicted molar refractivity (Wildman–Crippen MR) is 148 cm³/mol. The molecule has 2 heteroatoms. The zero-order chi connectivity index (χ0) is 25.2. The Morgan fingerprint density at radius 1 is 0.889 bits per heavy atom. The third kappa shape index (κ3) is 4.72. The highest BCUT2D eigenvalue weighted by atomic mass is 16.7. The van der Waals surface area contributed by atoms with E-state index in [9.17, 15) is 0 Å². The summed E-state index contributed by atoms with van der Waals surface area (Å²) in [4.78, 5) is 0.